The third-order valence-corrected chi connectivity index (χ3v) is 4.63. The molecule has 1 aromatic heterocycles. The molecular formula is C14H22BrNO. The van der Waals surface area contributed by atoms with E-state index in [1.807, 2.05) is 6.07 Å². The minimum Gasteiger partial charge on any atom is -0.453 e. The highest BCUT2D eigenvalue weighted by Crippen LogP contribution is 2.50. The maximum absolute atomic E-state index is 5.79. The summed E-state index contributed by atoms with van der Waals surface area (Å²) in [5.41, 5.74) is 0.396. The Bertz CT molecular complexity index is 355. The highest BCUT2D eigenvalue weighted by Gasteiger charge is 2.41. The lowest BCUT2D eigenvalue weighted by Gasteiger charge is -2.36. The predicted molar refractivity (Wildman–Crippen MR) is 74.0 cm³/mol. The molecule has 1 N–H and O–H groups in total. The zero-order valence-corrected chi connectivity index (χ0v) is 12.3. The van der Waals surface area contributed by atoms with E-state index in [1.165, 1.54) is 32.1 Å². The molecule has 1 aliphatic carbocycles. The van der Waals surface area contributed by atoms with Gasteiger partial charge in [0.2, 0.25) is 0 Å². The fourth-order valence-corrected chi connectivity index (χ4v) is 3.55. The second kappa shape index (κ2) is 5.57. The Kier molecular flexibility index (Phi) is 4.31. The predicted octanol–water partition coefficient (Wildman–Crippen LogP) is 4.66. The van der Waals surface area contributed by atoms with Crippen LogP contribution in [0, 0.1) is 5.41 Å². The van der Waals surface area contributed by atoms with Crippen molar-refractivity contribution in [3.05, 3.63) is 22.6 Å². The quantitative estimate of drug-likeness (QED) is 0.855. The van der Waals surface area contributed by atoms with Gasteiger partial charge in [0, 0.05) is 0 Å². The van der Waals surface area contributed by atoms with Crippen molar-refractivity contribution < 1.29 is 4.42 Å². The van der Waals surface area contributed by atoms with Gasteiger partial charge in [-0.2, -0.15) is 0 Å². The molecule has 1 aliphatic rings. The van der Waals surface area contributed by atoms with Crippen LogP contribution in [0.5, 0.6) is 0 Å². The molecule has 1 saturated carbocycles. The van der Waals surface area contributed by atoms with E-state index < -0.39 is 0 Å². The van der Waals surface area contributed by atoms with Gasteiger partial charge >= 0.3 is 0 Å². The van der Waals surface area contributed by atoms with Crippen molar-refractivity contribution in [2.45, 2.75) is 52.0 Å². The van der Waals surface area contributed by atoms with Crippen LogP contribution in [0.2, 0.25) is 0 Å². The first kappa shape index (κ1) is 13.2. The molecule has 0 aliphatic heterocycles. The van der Waals surface area contributed by atoms with E-state index in [0.29, 0.717) is 11.5 Å². The van der Waals surface area contributed by atoms with Crippen LogP contribution in [0.4, 0.5) is 0 Å². The minimum absolute atomic E-state index is 0.367. The smallest absolute Gasteiger partial charge is 0.169 e. The molecule has 0 spiro atoms. The molecule has 1 heterocycles. The molecule has 0 amide bonds. The minimum atomic E-state index is 0.367. The van der Waals surface area contributed by atoms with E-state index >= 15 is 0 Å². The summed E-state index contributed by atoms with van der Waals surface area (Å²) in [7, 11) is 0. The van der Waals surface area contributed by atoms with Crippen LogP contribution in [0.15, 0.2) is 21.2 Å². The van der Waals surface area contributed by atoms with Gasteiger partial charge in [-0.15, -0.1) is 0 Å². The molecule has 1 unspecified atom stereocenters. The third-order valence-electron chi connectivity index (χ3n) is 4.20. The van der Waals surface area contributed by atoms with Gasteiger partial charge in [-0.25, -0.2) is 0 Å². The van der Waals surface area contributed by atoms with Gasteiger partial charge in [-0.1, -0.05) is 26.7 Å². The molecule has 1 fully saturated rings. The Morgan fingerprint density at radius 3 is 2.53 bits per heavy atom. The summed E-state index contributed by atoms with van der Waals surface area (Å²) >= 11 is 3.41. The van der Waals surface area contributed by atoms with Gasteiger partial charge in [-0.05, 0) is 59.3 Å². The van der Waals surface area contributed by atoms with Crippen molar-refractivity contribution in [1.29, 1.82) is 0 Å². The highest BCUT2D eigenvalue weighted by molar-refractivity contribution is 9.10. The number of halogens is 1. The van der Waals surface area contributed by atoms with Crippen molar-refractivity contribution in [1.82, 2.24) is 5.32 Å². The first-order chi connectivity index (χ1) is 8.22. The Hall–Kier alpha value is -0.280. The lowest BCUT2D eigenvalue weighted by Crippen LogP contribution is -2.35. The molecule has 0 radical (unpaired) electrons. The van der Waals surface area contributed by atoms with Crippen LogP contribution in [0.1, 0.15) is 57.8 Å². The Morgan fingerprint density at radius 1 is 1.35 bits per heavy atom. The maximum Gasteiger partial charge on any atom is 0.169 e. The molecule has 0 bridgehead atoms. The lowest BCUT2D eigenvalue weighted by atomic mass is 9.75. The van der Waals surface area contributed by atoms with Gasteiger partial charge in [-0.3, -0.25) is 0 Å². The second-order valence-electron chi connectivity index (χ2n) is 5.06. The topological polar surface area (TPSA) is 25.2 Å². The summed E-state index contributed by atoms with van der Waals surface area (Å²) in [6.45, 7) is 5.47. The first-order valence-electron chi connectivity index (χ1n) is 6.70. The second-order valence-corrected chi connectivity index (χ2v) is 5.84. The van der Waals surface area contributed by atoms with Crippen molar-refractivity contribution in [3.63, 3.8) is 0 Å². The summed E-state index contributed by atoms with van der Waals surface area (Å²) in [5.74, 6) is 1.09. The summed E-state index contributed by atoms with van der Waals surface area (Å²) < 4.78 is 6.62. The standard InChI is InChI=1S/C14H22BrNO/c1-3-14(9-5-6-10-14)13(16-4-2)11-7-8-12(15)17-11/h7-8,13,16H,3-6,9-10H2,1-2H3. The fourth-order valence-electron chi connectivity index (χ4n) is 3.23. The summed E-state index contributed by atoms with van der Waals surface area (Å²) in [6, 6.07) is 4.47. The molecule has 96 valence electrons. The molecule has 0 saturated heterocycles. The normalized spacial score (nSPS) is 20.6. The van der Waals surface area contributed by atoms with Crippen molar-refractivity contribution in [3.8, 4) is 0 Å². The number of hydrogen-bond acceptors (Lipinski definition) is 2. The third kappa shape index (κ3) is 2.60. The van der Waals surface area contributed by atoms with Gasteiger partial charge in [0.05, 0.1) is 6.04 Å². The summed E-state index contributed by atoms with van der Waals surface area (Å²) in [5, 5.41) is 3.63. The van der Waals surface area contributed by atoms with Crippen LogP contribution in [0.3, 0.4) is 0 Å². The Balaban J connectivity index is 2.27. The van der Waals surface area contributed by atoms with Crippen LogP contribution in [0.25, 0.3) is 0 Å². The zero-order chi connectivity index (χ0) is 12.3. The lowest BCUT2D eigenvalue weighted by molar-refractivity contribution is 0.166. The van der Waals surface area contributed by atoms with Crippen LogP contribution in [-0.2, 0) is 0 Å². The van der Waals surface area contributed by atoms with E-state index in [9.17, 15) is 0 Å². The number of furan rings is 1. The maximum atomic E-state index is 5.79. The monoisotopic (exact) mass is 299 g/mol. The number of hydrogen-bond donors (Lipinski definition) is 1. The van der Waals surface area contributed by atoms with Crippen LogP contribution >= 0.6 is 15.9 Å². The number of nitrogens with one attached hydrogen (secondary N) is 1. The summed E-state index contributed by atoms with van der Waals surface area (Å²) in [4.78, 5) is 0. The molecule has 2 nitrogen and oxygen atoms in total. The van der Waals surface area contributed by atoms with E-state index in [4.69, 9.17) is 4.42 Å². The van der Waals surface area contributed by atoms with E-state index in [0.717, 1.165) is 17.0 Å². The van der Waals surface area contributed by atoms with E-state index in [-0.39, 0.29) is 0 Å². The Labute approximate surface area is 112 Å². The molecule has 0 aromatic carbocycles. The largest absolute Gasteiger partial charge is 0.453 e. The summed E-state index contributed by atoms with van der Waals surface area (Å²) in [6.07, 6.45) is 6.58. The first-order valence-corrected chi connectivity index (χ1v) is 7.50. The van der Waals surface area contributed by atoms with Gasteiger partial charge < -0.3 is 9.73 Å². The fraction of sp³-hybridized carbons (Fsp3) is 0.714. The molecule has 1 atom stereocenters. The average Bonchev–Trinajstić information content (AvgIpc) is 2.95. The average molecular weight is 300 g/mol. The zero-order valence-electron chi connectivity index (χ0n) is 10.8. The highest BCUT2D eigenvalue weighted by atomic mass is 79.9. The molecule has 1 aromatic rings. The Morgan fingerprint density at radius 2 is 2.06 bits per heavy atom. The van der Waals surface area contributed by atoms with Gasteiger partial charge in [0.25, 0.3) is 0 Å². The van der Waals surface area contributed by atoms with E-state index in [2.05, 4.69) is 41.2 Å². The van der Waals surface area contributed by atoms with Gasteiger partial charge in [0.15, 0.2) is 4.67 Å². The number of rotatable bonds is 5. The molecule has 3 heteroatoms. The van der Waals surface area contributed by atoms with Crippen molar-refractivity contribution in [2.75, 3.05) is 6.54 Å². The van der Waals surface area contributed by atoms with Crippen LogP contribution < -0.4 is 5.32 Å². The van der Waals surface area contributed by atoms with Crippen molar-refractivity contribution in [2.24, 2.45) is 5.41 Å². The van der Waals surface area contributed by atoms with Crippen molar-refractivity contribution >= 4 is 15.9 Å². The molecule has 2 rings (SSSR count). The van der Waals surface area contributed by atoms with Gasteiger partial charge in [0.1, 0.15) is 5.76 Å². The molecular weight excluding hydrogens is 278 g/mol. The SMILES string of the molecule is CCNC(c1ccc(Br)o1)C1(CC)CCCC1. The van der Waals surface area contributed by atoms with E-state index in [1.54, 1.807) is 0 Å². The van der Waals surface area contributed by atoms with Crippen LogP contribution in [-0.4, -0.2) is 6.54 Å². The molecule has 17 heavy (non-hydrogen) atoms.